The Labute approximate surface area is 206 Å². The molecule has 6 nitrogen and oxygen atoms in total. The summed E-state index contributed by atoms with van der Waals surface area (Å²) in [5.41, 5.74) is 4.05. The lowest BCUT2D eigenvalue weighted by molar-refractivity contribution is -0.138. The predicted molar refractivity (Wildman–Crippen MR) is 140 cm³/mol. The summed E-state index contributed by atoms with van der Waals surface area (Å²) in [5, 5.41) is 11.4. The molecule has 6 heteroatoms. The SMILES string of the molecule is Cc1ccc(C)c(OC(C)C(=O)N2CCN(c3ccc(-c4ccc5ccccc5c4)nn3)CC2)c1. The third kappa shape index (κ3) is 4.97. The molecule has 1 amide bonds. The topological polar surface area (TPSA) is 58.6 Å². The van der Waals surface area contributed by atoms with Crippen LogP contribution in [0.3, 0.4) is 0 Å². The van der Waals surface area contributed by atoms with Crippen molar-refractivity contribution in [2.24, 2.45) is 0 Å². The summed E-state index contributed by atoms with van der Waals surface area (Å²) in [4.78, 5) is 17.0. The highest BCUT2D eigenvalue weighted by molar-refractivity contribution is 5.86. The Morgan fingerprint density at radius 2 is 1.63 bits per heavy atom. The third-order valence-corrected chi connectivity index (χ3v) is 6.61. The highest BCUT2D eigenvalue weighted by Gasteiger charge is 2.27. The van der Waals surface area contributed by atoms with E-state index in [0.29, 0.717) is 26.2 Å². The quantitative estimate of drug-likeness (QED) is 0.413. The van der Waals surface area contributed by atoms with Gasteiger partial charge in [0.15, 0.2) is 11.9 Å². The zero-order valence-electron chi connectivity index (χ0n) is 20.4. The molecule has 1 fully saturated rings. The minimum absolute atomic E-state index is 0.0169. The van der Waals surface area contributed by atoms with Gasteiger partial charge in [-0.1, -0.05) is 48.5 Å². The second-order valence-corrected chi connectivity index (χ2v) is 9.18. The van der Waals surface area contributed by atoms with Crippen molar-refractivity contribution in [2.75, 3.05) is 31.1 Å². The number of piperazine rings is 1. The van der Waals surface area contributed by atoms with E-state index in [1.54, 1.807) is 0 Å². The number of ether oxygens (including phenoxy) is 1. The number of aryl methyl sites for hydroxylation is 2. The molecular formula is C29H30N4O2. The zero-order chi connectivity index (χ0) is 24.4. The Hall–Kier alpha value is -3.93. The van der Waals surface area contributed by atoms with E-state index in [1.807, 2.05) is 68.1 Å². The van der Waals surface area contributed by atoms with Crippen LogP contribution < -0.4 is 9.64 Å². The fourth-order valence-electron chi connectivity index (χ4n) is 4.48. The molecule has 35 heavy (non-hydrogen) atoms. The first-order valence-electron chi connectivity index (χ1n) is 12.1. The van der Waals surface area contributed by atoms with Crippen molar-refractivity contribution in [2.45, 2.75) is 26.9 Å². The van der Waals surface area contributed by atoms with Crippen LogP contribution >= 0.6 is 0 Å². The minimum atomic E-state index is -0.525. The van der Waals surface area contributed by atoms with E-state index in [-0.39, 0.29) is 5.91 Å². The Bertz CT molecular complexity index is 1340. The van der Waals surface area contributed by atoms with Gasteiger partial charge in [-0.25, -0.2) is 0 Å². The molecule has 1 atom stereocenters. The van der Waals surface area contributed by atoms with Gasteiger partial charge < -0.3 is 14.5 Å². The molecule has 3 aromatic carbocycles. The van der Waals surface area contributed by atoms with Crippen LogP contribution in [0.2, 0.25) is 0 Å². The molecule has 1 saturated heterocycles. The van der Waals surface area contributed by atoms with Crippen LogP contribution in [0.5, 0.6) is 5.75 Å². The molecule has 0 spiro atoms. The van der Waals surface area contributed by atoms with E-state index in [9.17, 15) is 4.79 Å². The van der Waals surface area contributed by atoms with Crippen molar-refractivity contribution < 1.29 is 9.53 Å². The monoisotopic (exact) mass is 466 g/mol. The summed E-state index contributed by atoms with van der Waals surface area (Å²) >= 11 is 0. The lowest BCUT2D eigenvalue weighted by atomic mass is 10.1. The average Bonchev–Trinajstić information content (AvgIpc) is 2.90. The van der Waals surface area contributed by atoms with Crippen LogP contribution in [0.15, 0.2) is 72.8 Å². The molecule has 4 aromatic rings. The second kappa shape index (κ2) is 9.74. The van der Waals surface area contributed by atoms with Gasteiger partial charge in [0.05, 0.1) is 5.69 Å². The molecule has 178 valence electrons. The van der Waals surface area contributed by atoms with Crippen LogP contribution in [-0.4, -0.2) is 53.3 Å². The van der Waals surface area contributed by atoms with Gasteiger partial charge >= 0.3 is 0 Å². The van der Waals surface area contributed by atoms with E-state index in [2.05, 4.69) is 45.4 Å². The van der Waals surface area contributed by atoms with Gasteiger partial charge in [-0.3, -0.25) is 4.79 Å². The largest absolute Gasteiger partial charge is 0.481 e. The molecule has 1 aliphatic heterocycles. The Balaban J connectivity index is 1.19. The number of carbonyl (C=O) groups is 1. The maximum Gasteiger partial charge on any atom is 0.263 e. The summed E-state index contributed by atoms with van der Waals surface area (Å²) < 4.78 is 6.01. The van der Waals surface area contributed by atoms with E-state index >= 15 is 0 Å². The predicted octanol–water partition coefficient (Wildman–Crippen LogP) is 5.03. The third-order valence-electron chi connectivity index (χ3n) is 6.61. The first kappa shape index (κ1) is 22.8. The zero-order valence-corrected chi connectivity index (χ0v) is 20.4. The number of anilines is 1. The van der Waals surface area contributed by atoms with Gasteiger partial charge in [0, 0.05) is 31.7 Å². The summed E-state index contributed by atoms with van der Waals surface area (Å²) in [5.74, 6) is 1.62. The number of hydrogen-bond acceptors (Lipinski definition) is 5. The smallest absolute Gasteiger partial charge is 0.263 e. The highest BCUT2D eigenvalue weighted by Crippen LogP contribution is 2.25. The summed E-state index contributed by atoms with van der Waals surface area (Å²) in [7, 11) is 0. The average molecular weight is 467 g/mol. The van der Waals surface area contributed by atoms with E-state index in [4.69, 9.17) is 4.74 Å². The number of benzene rings is 3. The first-order valence-corrected chi connectivity index (χ1v) is 12.1. The molecule has 0 N–H and O–H groups in total. The van der Waals surface area contributed by atoms with Crippen molar-refractivity contribution in [1.29, 1.82) is 0 Å². The van der Waals surface area contributed by atoms with E-state index < -0.39 is 6.10 Å². The van der Waals surface area contributed by atoms with Crippen molar-refractivity contribution in [3.8, 4) is 17.0 Å². The maximum absolute atomic E-state index is 13.0. The van der Waals surface area contributed by atoms with Crippen molar-refractivity contribution in [3.05, 3.63) is 83.9 Å². The van der Waals surface area contributed by atoms with Crippen LogP contribution in [0.1, 0.15) is 18.1 Å². The van der Waals surface area contributed by atoms with Gasteiger partial charge in [-0.05, 0) is 66.9 Å². The van der Waals surface area contributed by atoms with Crippen LogP contribution in [0, 0.1) is 13.8 Å². The summed E-state index contributed by atoms with van der Waals surface area (Å²) in [6.45, 7) is 8.54. The Morgan fingerprint density at radius 3 is 2.37 bits per heavy atom. The minimum Gasteiger partial charge on any atom is -0.481 e. The van der Waals surface area contributed by atoms with Crippen molar-refractivity contribution in [3.63, 3.8) is 0 Å². The molecule has 0 bridgehead atoms. The van der Waals surface area contributed by atoms with Gasteiger partial charge in [0.2, 0.25) is 0 Å². The number of amides is 1. The van der Waals surface area contributed by atoms with Crippen molar-refractivity contribution >= 4 is 22.5 Å². The Kier molecular flexibility index (Phi) is 6.36. The first-order chi connectivity index (χ1) is 17.0. The number of aromatic nitrogens is 2. The lowest BCUT2D eigenvalue weighted by Gasteiger charge is -2.36. The number of rotatable bonds is 5. The molecule has 1 aliphatic rings. The van der Waals surface area contributed by atoms with E-state index in [0.717, 1.165) is 34.0 Å². The van der Waals surface area contributed by atoms with Crippen molar-refractivity contribution in [1.82, 2.24) is 15.1 Å². The van der Waals surface area contributed by atoms with Gasteiger partial charge in [-0.15, -0.1) is 10.2 Å². The molecule has 0 saturated carbocycles. The maximum atomic E-state index is 13.0. The molecule has 1 aromatic heterocycles. The highest BCUT2D eigenvalue weighted by atomic mass is 16.5. The number of carbonyl (C=O) groups excluding carboxylic acids is 1. The van der Waals surface area contributed by atoms with Crippen LogP contribution in [0.25, 0.3) is 22.0 Å². The second-order valence-electron chi connectivity index (χ2n) is 9.18. The number of nitrogens with zero attached hydrogens (tertiary/aromatic N) is 4. The standard InChI is InChI=1S/C29H30N4O2/c1-20-8-9-21(2)27(18-20)35-22(3)29(34)33-16-14-32(15-17-33)28-13-12-26(30-31-28)25-11-10-23-6-4-5-7-24(23)19-25/h4-13,18-19,22H,14-17H2,1-3H3. The van der Waals surface area contributed by atoms with Gasteiger partial charge in [-0.2, -0.15) is 0 Å². The van der Waals surface area contributed by atoms with E-state index in [1.165, 1.54) is 10.8 Å². The van der Waals surface area contributed by atoms with Gasteiger partial charge in [0.25, 0.3) is 5.91 Å². The normalized spacial score (nSPS) is 14.7. The molecule has 5 rings (SSSR count). The fraction of sp³-hybridized carbons (Fsp3) is 0.276. The summed E-state index contributed by atoms with van der Waals surface area (Å²) in [6.07, 6.45) is -0.525. The summed E-state index contributed by atoms with van der Waals surface area (Å²) in [6, 6.07) is 24.7. The molecular weight excluding hydrogens is 436 g/mol. The van der Waals surface area contributed by atoms with Crippen LogP contribution in [0.4, 0.5) is 5.82 Å². The Morgan fingerprint density at radius 1 is 0.857 bits per heavy atom. The fourth-order valence-corrected chi connectivity index (χ4v) is 4.48. The molecule has 1 unspecified atom stereocenters. The van der Waals surface area contributed by atoms with Crippen LogP contribution in [-0.2, 0) is 4.79 Å². The number of hydrogen-bond donors (Lipinski definition) is 0. The molecule has 0 radical (unpaired) electrons. The number of fused-ring (bicyclic) bond motifs is 1. The molecule has 2 heterocycles. The lowest BCUT2D eigenvalue weighted by Crippen LogP contribution is -2.52. The molecule has 0 aliphatic carbocycles. The van der Waals surface area contributed by atoms with Gasteiger partial charge in [0.1, 0.15) is 5.75 Å².